The van der Waals surface area contributed by atoms with Crippen molar-refractivity contribution in [3.63, 3.8) is 0 Å². The number of fused-ring (bicyclic) bond motifs is 6. The van der Waals surface area contributed by atoms with Gasteiger partial charge >= 0.3 is 5.97 Å². The molecule has 0 bridgehead atoms. The van der Waals surface area contributed by atoms with Crippen LogP contribution in [0.25, 0.3) is 11.8 Å². The second-order valence-corrected chi connectivity index (χ2v) is 14.9. The molecule has 2 N–H and O–H groups in total. The molecule has 1 saturated heterocycles. The summed E-state index contributed by atoms with van der Waals surface area (Å²) in [5, 5.41) is 25.6. The number of rotatable bonds is 6. The van der Waals surface area contributed by atoms with Gasteiger partial charge in [0.15, 0.2) is 11.7 Å². The van der Waals surface area contributed by atoms with Crippen LogP contribution in [0.3, 0.4) is 0 Å². The number of esters is 1. The summed E-state index contributed by atoms with van der Waals surface area (Å²) in [5.74, 6) is -1.94. The summed E-state index contributed by atoms with van der Waals surface area (Å²) in [6, 6.07) is 2.87. The van der Waals surface area contributed by atoms with Gasteiger partial charge in [-0.2, -0.15) is 9.49 Å². The maximum absolute atomic E-state index is 18.2. The van der Waals surface area contributed by atoms with Crippen LogP contribution in [0.2, 0.25) is 0 Å². The second-order valence-electron chi connectivity index (χ2n) is 13.8. The van der Waals surface area contributed by atoms with Crippen LogP contribution in [-0.4, -0.2) is 78.5 Å². The molecule has 4 aliphatic carbocycles. The van der Waals surface area contributed by atoms with E-state index in [-0.39, 0.29) is 36.2 Å². The van der Waals surface area contributed by atoms with Crippen LogP contribution in [0.15, 0.2) is 30.1 Å². The van der Waals surface area contributed by atoms with Gasteiger partial charge in [0.2, 0.25) is 11.1 Å². The SMILES string of the molecule is CC12Cc3cnn(-c4ccc(F)nc4)c3C=C1CCC1C3CCC(OC(=O)C4CCCO4)(C(=O)SCCO)C3(C)CC(O)C12F. The molecule has 4 fully saturated rings. The van der Waals surface area contributed by atoms with E-state index in [2.05, 4.69) is 10.1 Å². The molecule has 5 aliphatic rings. The van der Waals surface area contributed by atoms with Crippen molar-refractivity contribution in [3.8, 4) is 5.69 Å². The fraction of sp³-hybridized carbons (Fsp3) is 0.636. The number of carbonyl (C=O) groups excluding carboxylic acids is 2. The Hall–Kier alpha value is -2.67. The molecule has 0 spiro atoms. The van der Waals surface area contributed by atoms with Gasteiger partial charge in [-0.3, -0.25) is 4.79 Å². The molecule has 3 saturated carbocycles. The second kappa shape index (κ2) is 11.0. The van der Waals surface area contributed by atoms with E-state index in [4.69, 9.17) is 9.47 Å². The number of alkyl halides is 1. The van der Waals surface area contributed by atoms with Crippen molar-refractivity contribution < 1.29 is 38.1 Å². The maximum Gasteiger partial charge on any atom is 0.336 e. The van der Waals surface area contributed by atoms with Crippen LogP contribution in [0, 0.1) is 28.6 Å². The Balaban J connectivity index is 1.24. The van der Waals surface area contributed by atoms with Crippen molar-refractivity contribution in [1.29, 1.82) is 0 Å². The van der Waals surface area contributed by atoms with Gasteiger partial charge in [-0.1, -0.05) is 31.2 Å². The quantitative estimate of drug-likeness (QED) is 0.349. The standard InChI is InChI=1S/C33H39F2N3O6S/c1-30-15-19-17-37-38(21-6-8-27(34)36-18-21)24(19)14-20(30)5-7-23-22-9-10-32(29(42)45-13-11-39,44-28(41)25-4-3-12-43-25)31(22,2)16-26(40)33(23,30)35/h6,8,14,17-18,22-23,25-26,39-40H,3-5,7,9-13,15-16H2,1-2H3. The first-order valence-corrected chi connectivity index (χ1v) is 16.9. The number of aromatic nitrogens is 3. The minimum atomic E-state index is -2.01. The molecular weight excluding hydrogens is 604 g/mol. The average Bonchev–Trinajstić information content (AvgIpc) is 3.75. The molecule has 3 heterocycles. The van der Waals surface area contributed by atoms with Gasteiger partial charge in [0, 0.05) is 29.1 Å². The highest BCUT2D eigenvalue weighted by Gasteiger charge is 2.76. The summed E-state index contributed by atoms with van der Waals surface area (Å²) in [6.45, 7) is 4.00. The number of pyridine rings is 1. The third-order valence-electron chi connectivity index (χ3n) is 11.8. The largest absolute Gasteiger partial charge is 0.448 e. The monoisotopic (exact) mass is 643 g/mol. The number of halogens is 2. The zero-order valence-electron chi connectivity index (χ0n) is 25.5. The van der Waals surface area contributed by atoms with Gasteiger partial charge in [0.1, 0.15) is 5.67 Å². The van der Waals surface area contributed by atoms with Gasteiger partial charge in [0.05, 0.1) is 36.5 Å². The lowest BCUT2D eigenvalue weighted by molar-refractivity contribution is -0.230. The number of thioether (sulfide) groups is 1. The molecule has 0 aromatic carbocycles. The Morgan fingerprint density at radius 2 is 2.02 bits per heavy atom. The molecule has 9 nitrogen and oxygen atoms in total. The van der Waals surface area contributed by atoms with E-state index in [1.165, 1.54) is 12.3 Å². The van der Waals surface area contributed by atoms with Crippen molar-refractivity contribution in [2.45, 2.75) is 88.7 Å². The van der Waals surface area contributed by atoms with E-state index in [1.54, 1.807) is 16.9 Å². The van der Waals surface area contributed by atoms with Crippen molar-refractivity contribution in [2.75, 3.05) is 19.0 Å². The highest BCUT2D eigenvalue weighted by atomic mass is 32.2. The Morgan fingerprint density at radius 1 is 1.20 bits per heavy atom. The zero-order chi connectivity index (χ0) is 31.8. The smallest absolute Gasteiger partial charge is 0.336 e. The summed E-state index contributed by atoms with van der Waals surface area (Å²) < 4.78 is 45.1. The first-order chi connectivity index (χ1) is 21.5. The number of aliphatic hydroxyl groups is 2. The molecule has 2 aromatic heterocycles. The van der Waals surface area contributed by atoms with Gasteiger partial charge in [-0.15, -0.1) is 0 Å². The molecule has 8 unspecified atom stereocenters. The summed E-state index contributed by atoms with van der Waals surface area (Å²) in [6.07, 6.45) is 6.15. The molecule has 1 aliphatic heterocycles. The maximum atomic E-state index is 18.2. The van der Waals surface area contributed by atoms with Gasteiger partial charge in [-0.05, 0) is 81.1 Å². The predicted octanol–water partition coefficient (Wildman–Crippen LogP) is 4.36. The summed E-state index contributed by atoms with van der Waals surface area (Å²) in [5.41, 5.74) is -2.52. The van der Waals surface area contributed by atoms with Crippen LogP contribution >= 0.6 is 11.8 Å². The Labute approximate surface area is 264 Å². The molecule has 2 aromatic rings. The third kappa shape index (κ3) is 4.34. The Morgan fingerprint density at radius 3 is 2.73 bits per heavy atom. The molecule has 0 amide bonds. The van der Waals surface area contributed by atoms with Crippen molar-refractivity contribution >= 4 is 28.9 Å². The van der Waals surface area contributed by atoms with Gasteiger partial charge < -0.3 is 19.7 Å². The summed E-state index contributed by atoms with van der Waals surface area (Å²) in [7, 11) is 0. The lowest BCUT2D eigenvalue weighted by Crippen LogP contribution is -2.70. The van der Waals surface area contributed by atoms with Crippen molar-refractivity contribution in [2.24, 2.45) is 22.7 Å². The summed E-state index contributed by atoms with van der Waals surface area (Å²) in [4.78, 5) is 31.1. The molecule has 8 atom stereocenters. The average molecular weight is 644 g/mol. The molecule has 242 valence electrons. The van der Waals surface area contributed by atoms with Crippen molar-refractivity contribution in [3.05, 3.63) is 47.3 Å². The first kappa shape index (κ1) is 31.0. The zero-order valence-corrected chi connectivity index (χ0v) is 26.3. The van der Waals surface area contributed by atoms with E-state index in [0.717, 1.165) is 35.0 Å². The van der Waals surface area contributed by atoms with Crippen molar-refractivity contribution in [1.82, 2.24) is 14.8 Å². The van der Waals surface area contributed by atoms with Crippen LogP contribution in [0.1, 0.15) is 70.1 Å². The highest BCUT2D eigenvalue weighted by molar-refractivity contribution is 8.13. The fourth-order valence-corrected chi connectivity index (χ4v) is 10.4. The number of carbonyl (C=O) groups is 2. The van der Waals surface area contributed by atoms with E-state index < -0.39 is 52.1 Å². The van der Waals surface area contributed by atoms with Crippen LogP contribution in [-0.2, 0) is 25.5 Å². The van der Waals surface area contributed by atoms with E-state index in [9.17, 15) is 24.2 Å². The van der Waals surface area contributed by atoms with Gasteiger partial charge in [0.25, 0.3) is 0 Å². The molecule has 0 radical (unpaired) electrons. The van der Waals surface area contributed by atoms with E-state index in [1.807, 2.05) is 19.9 Å². The summed E-state index contributed by atoms with van der Waals surface area (Å²) >= 11 is 0.926. The van der Waals surface area contributed by atoms with Crippen LogP contribution in [0.5, 0.6) is 0 Å². The van der Waals surface area contributed by atoms with Crippen LogP contribution in [0.4, 0.5) is 8.78 Å². The van der Waals surface area contributed by atoms with E-state index in [0.29, 0.717) is 44.4 Å². The number of allylic oxidation sites excluding steroid dienone is 1. The highest BCUT2D eigenvalue weighted by Crippen LogP contribution is 2.71. The minimum Gasteiger partial charge on any atom is -0.448 e. The van der Waals surface area contributed by atoms with E-state index >= 15 is 4.39 Å². The molecule has 45 heavy (non-hydrogen) atoms. The Kier molecular flexibility index (Phi) is 7.54. The topological polar surface area (TPSA) is 124 Å². The third-order valence-corrected chi connectivity index (χ3v) is 12.8. The lowest BCUT2D eigenvalue weighted by Gasteiger charge is -2.63. The lowest BCUT2D eigenvalue weighted by atomic mass is 9.44. The van der Waals surface area contributed by atoms with Crippen LogP contribution < -0.4 is 0 Å². The fourth-order valence-electron chi connectivity index (χ4n) is 9.54. The number of hydrogen-bond acceptors (Lipinski definition) is 9. The Bertz CT molecular complexity index is 1550. The number of nitrogens with zero attached hydrogens (tertiary/aromatic N) is 3. The molecule has 12 heteroatoms. The normalized spacial score (nSPS) is 38.5. The molecular formula is C33H39F2N3O6S. The number of hydrogen-bond donors (Lipinski definition) is 2. The number of aliphatic hydroxyl groups excluding tert-OH is 2. The predicted molar refractivity (Wildman–Crippen MR) is 161 cm³/mol. The number of ether oxygens (including phenoxy) is 2. The first-order valence-electron chi connectivity index (χ1n) is 15.9. The molecule has 7 rings (SSSR count). The minimum absolute atomic E-state index is 0.0505. The van der Waals surface area contributed by atoms with Gasteiger partial charge in [-0.25, -0.2) is 18.9 Å².